The summed E-state index contributed by atoms with van der Waals surface area (Å²) in [5, 5.41) is 3.48. The van der Waals surface area contributed by atoms with Gasteiger partial charge in [-0.2, -0.15) is 0 Å². The van der Waals surface area contributed by atoms with E-state index in [0.29, 0.717) is 15.9 Å². The van der Waals surface area contributed by atoms with E-state index in [1.807, 2.05) is 61.5 Å². The molecule has 0 fully saturated rings. The molecule has 4 rings (SSSR count). The second kappa shape index (κ2) is 8.51. The third kappa shape index (κ3) is 3.97. The fraction of sp³-hybridized carbons (Fsp3) is 0.174. The molecule has 152 valence electrons. The highest BCUT2D eigenvalue weighted by atomic mass is 32.1. The molecule has 1 amide bonds. The first kappa shape index (κ1) is 19.8. The number of rotatable bonds is 6. The molecule has 6 nitrogen and oxygen atoms in total. The molecule has 0 unspecified atom stereocenters. The van der Waals surface area contributed by atoms with E-state index in [9.17, 15) is 9.59 Å². The standard InChI is InChI=1S/C23H21N3O3S/c1-3-17-12-19-22(30-17)24-14-26(23(19)28)13-21(27)25-20-7-5-4-6-18(20)15-8-10-16(29-2)11-9-15/h4-12,14H,3,13H2,1-2H3,(H,25,27). The second-order valence-electron chi connectivity index (χ2n) is 6.78. The minimum Gasteiger partial charge on any atom is -0.497 e. The summed E-state index contributed by atoms with van der Waals surface area (Å²) in [5.41, 5.74) is 2.32. The average molecular weight is 420 g/mol. The van der Waals surface area contributed by atoms with E-state index in [0.717, 1.165) is 28.2 Å². The van der Waals surface area contributed by atoms with Crippen LogP contribution in [0.25, 0.3) is 21.3 Å². The number of aromatic nitrogens is 2. The summed E-state index contributed by atoms with van der Waals surface area (Å²) < 4.78 is 6.56. The van der Waals surface area contributed by atoms with Gasteiger partial charge in [-0.25, -0.2) is 4.98 Å². The van der Waals surface area contributed by atoms with Crippen molar-refractivity contribution in [3.63, 3.8) is 0 Å². The third-order valence-corrected chi connectivity index (χ3v) is 6.02. The molecule has 0 aliphatic heterocycles. The van der Waals surface area contributed by atoms with Gasteiger partial charge in [-0.1, -0.05) is 37.3 Å². The van der Waals surface area contributed by atoms with Crippen LogP contribution in [0, 0.1) is 0 Å². The first-order chi connectivity index (χ1) is 14.6. The Balaban J connectivity index is 1.57. The van der Waals surface area contributed by atoms with E-state index < -0.39 is 0 Å². The molecule has 0 spiro atoms. The third-order valence-electron chi connectivity index (χ3n) is 4.83. The van der Waals surface area contributed by atoms with Gasteiger partial charge in [0.1, 0.15) is 17.1 Å². The van der Waals surface area contributed by atoms with E-state index in [-0.39, 0.29) is 18.0 Å². The van der Waals surface area contributed by atoms with Crippen LogP contribution in [0.4, 0.5) is 5.69 Å². The van der Waals surface area contributed by atoms with Crippen LogP contribution in [-0.2, 0) is 17.8 Å². The number of fused-ring (bicyclic) bond motifs is 1. The Kier molecular flexibility index (Phi) is 5.63. The first-order valence-electron chi connectivity index (χ1n) is 9.60. The lowest BCUT2D eigenvalue weighted by atomic mass is 10.0. The molecule has 0 saturated carbocycles. The van der Waals surface area contributed by atoms with Crippen LogP contribution in [0.1, 0.15) is 11.8 Å². The van der Waals surface area contributed by atoms with Crippen molar-refractivity contribution < 1.29 is 9.53 Å². The van der Waals surface area contributed by atoms with Crippen LogP contribution in [0.5, 0.6) is 5.75 Å². The molecule has 0 bridgehead atoms. The predicted octanol–water partition coefficient (Wildman–Crippen LogP) is 4.33. The van der Waals surface area contributed by atoms with Gasteiger partial charge in [0.15, 0.2) is 0 Å². The first-order valence-corrected chi connectivity index (χ1v) is 10.4. The molecule has 1 N–H and O–H groups in total. The van der Waals surface area contributed by atoms with E-state index >= 15 is 0 Å². The monoisotopic (exact) mass is 419 g/mol. The number of ether oxygens (including phenoxy) is 1. The van der Waals surface area contributed by atoms with Crippen LogP contribution < -0.4 is 15.6 Å². The molecule has 30 heavy (non-hydrogen) atoms. The molecular weight excluding hydrogens is 398 g/mol. The number of nitrogens with one attached hydrogen (secondary N) is 1. The Bertz CT molecular complexity index is 1260. The van der Waals surface area contributed by atoms with Crippen molar-refractivity contribution >= 4 is 33.1 Å². The normalized spacial score (nSPS) is 10.9. The minimum absolute atomic E-state index is 0.101. The van der Waals surface area contributed by atoms with Crippen molar-refractivity contribution in [3.8, 4) is 16.9 Å². The number of hydrogen-bond donors (Lipinski definition) is 1. The van der Waals surface area contributed by atoms with Crippen molar-refractivity contribution in [2.24, 2.45) is 0 Å². The van der Waals surface area contributed by atoms with Crippen molar-refractivity contribution in [1.82, 2.24) is 9.55 Å². The smallest absolute Gasteiger partial charge is 0.262 e. The quantitative estimate of drug-likeness (QED) is 0.505. The lowest BCUT2D eigenvalue weighted by molar-refractivity contribution is -0.116. The van der Waals surface area contributed by atoms with E-state index in [1.54, 1.807) is 7.11 Å². The fourth-order valence-electron chi connectivity index (χ4n) is 3.26. The SMILES string of the molecule is CCc1cc2c(=O)n(CC(=O)Nc3ccccc3-c3ccc(OC)cc3)cnc2s1. The van der Waals surface area contributed by atoms with Crippen molar-refractivity contribution in [2.45, 2.75) is 19.9 Å². The van der Waals surface area contributed by atoms with Gasteiger partial charge in [-0.05, 0) is 36.2 Å². The van der Waals surface area contributed by atoms with Crippen LogP contribution >= 0.6 is 11.3 Å². The number of para-hydroxylation sites is 1. The molecular formula is C23H21N3O3S. The molecule has 0 aliphatic rings. The summed E-state index contributed by atoms with van der Waals surface area (Å²) in [5.74, 6) is 0.479. The molecule has 2 aromatic carbocycles. The van der Waals surface area contributed by atoms with Gasteiger partial charge in [0.25, 0.3) is 5.56 Å². The zero-order chi connectivity index (χ0) is 21.1. The molecule has 2 aromatic heterocycles. The number of aryl methyl sites for hydroxylation is 1. The Morgan fingerprint density at radius 3 is 2.67 bits per heavy atom. The van der Waals surface area contributed by atoms with Gasteiger partial charge in [-0.3, -0.25) is 14.2 Å². The fourth-order valence-corrected chi connectivity index (χ4v) is 4.18. The van der Waals surface area contributed by atoms with Gasteiger partial charge < -0.3 is 10.1 Å². The highest BCUT2D eigenvalue weighted by Crippen LogP contribution is 2.29. The number of thiophene rings is 1. The van der Waals surface area contributed by atoms with Crippen molar-refractivity contribution in [2.75, 3.05) is 12.4 Å². The number of carbonyl (C=O) groups is 1. The number of hydrogen-bond acceptors (Lipinski definition) is 5. The lowest BCUT2D eigenvalue weighted by Crippen LogP contribution is -2.27. The van der Waals surface area contributed by atoms with Crippen molar-refractivity contribution in [3.05, 3.63) is 76.2 Å². The molecule has 4 aromatic rings. The number of amides is 1. The molecule has 7 heteroatoms. The summed E-state index contributed by atoms with van der Waals surface area (Å²) >= 11 is 1.51. The highest BCUT2D eigenvalue weighted by molar-refractivity contribution is 7.18. The lowest BCUT2D eigenvalue weighted by Gasteiger charge is -2.12. The summed E-state index contributed by atoms with van der Waals surface area (Å²) in [6.45, 7) is 1.94. The maximum atomic E-state index is 12.7. The number of benzene rings is 2. The molecule has 2 heterocycles. The van der Waals surface area contributed by atoms with Crippen LogP contribution in [0.2, 0.25) is 0 Å². The van der Waals surface area contributed by atoms with E-state index in [1.165, 1.54) is 22.2 Å². The summed E-state index contributed by atoms with van der Waals surface area (Å²) in [4.78, 5) is 31.6. The van der Waals surface area contributed by atoms with Crippen LogP contribution in [0.15, 0.2) is 65.7 Å². The largest absolute Gasteiger partial charge is 0.497 e. The molecule has 0 aliphatic carbocycles. The zero-order valence-electron chi connectivity index (χ0n) is 16.7. The maximum Gasteiger partial charge on any atom is 0.262 e. The Hall–Kier alpha value is -3.45. The Morgan fingerprint density at radius 2 is 1.93 bits per heavy atom. The average Bonchev–Trinajstić information content (AvgIpc) is 3.21. The predicted molar refractivity (Wildman–Crippen MR) is 120 cm³/mol. The van der Waals surface area contributed by atoms with Crippen LogP contribution in [0.3, 0.4) is 0 Å². The summed E-state index contributed by atoms with van der Waals surface area (Å²) in [6.07, 6.45) is 2.29. The number of methoxy groups -OCH3 is 1. The second-order valence-corrected chi connectivity index (χ2v) is 7.90. The van der Waals surface area contributed by atoms with Gasteiger partial charge >= 0.3 is 0 Å². The topological polar surface area (TPSA) is 73.2 Å². The maximum absolute atomic E-state index is 12.7. The number of anilines is 1. The summed E-state index contributed by atoms with van der Waals surface area (Å²) in [7, 11) is 1.62. The highest BCUT2D eigenvalue weighted by Gasteiger charge is 2.13. The summed E-state index contributed by atoms with van der Waals surface area (Å²) in [6, 6.07) is 17.0. The number of nitrogens with zero attached hydrogens (tertiary/aromatic N) is 2. The molecule has 0 saturated heterocycles. The zero-order valence-corrected chi connectivity index (χ0v) is 17.5. The van der Waals surface area contributed by atoms with Gasteiger partial charge in [0.2, 0.25) is 5.91 Å². The Labute approximate surface area is 177 Å². The van der Waals surface area contributed by atoms with E-state index in [2.05, 4.69) is 10.3 Å². The van der Waals surface area contributed by atoms with Gasteiger partial charge in [0, 0.05) is 16.1 Å². The van der Waals surface area contributed by atoms with E-state index in [4.69, 9.17) is 4.74 Å². The molecule has 0 atom stereocenters. The Morgan fingerprint density at radius 1 is 1.17 bits per heavy atom. The van der Waals surface area contributed by atoms with Crippen molar-refractivity contribution in [1.29, 1.82) is 0 Å². The number of carbonyl (C=O) groups excluding carboxylic acids is 1. The molecule has 0 radical (unpaired) electrons. The van der Waals surface area contributed by atoms with Gasteiger partial charge in [0.05, 0.1) is 18.8 Å². The van der Waals surface area contributed by atoms with Gasteiger partial charge in [-0.15, -0.1) is 11.3 Å². The minimum atomic E-state index is -0.287. The van der Waals surface area contributed by atoms with Crippen LogP contribution in [-0.4, -0.2) is 22.6 Å².